The molecule has 1 unspecified atom stereocenters. The Balaban J connectivity index is 1.73. The fourth-order valence-electron chi connectivity index (χ4n) is 2.47. The zero-order valence-corrected chi connectivity index (χ0v) is 12.4. The minimum atomic E-state index is 0.0112. The van der Waals surface area contributed by atoms with Crippen molar-refractivity contribution in [2.45, 2.75) is 18.9 Å². The molecule has 7 heteroatoms. The van der Waals surface area contributed by atoms with Gasteiger partial charge in [0.15, 0.2) is 5.82 Å². The van der Waals surface area contributed by atoms with E-state index in [0.29, 0.717) is 32.3 Å². The van der Waals surface area contributed by atoms with Crippen molar-refractivity contribution < 1.29 is 9.53 Å². The van der Waals surface area contributed by atoms with Gasteiger partial charge in [-0.2, -0.15) is 5.10 Å². The molecule has 116 valence electrons. The molecule has 0 radical (unpaired) electrons. The summed E-state index contributed by atoms with van der Waals surface area (Å²) in [5.41, 5.74) is 0. The summed E-state index contributed by atoms with van der Waals surface area (Å²) in [6, 6.07) is 4.14. The van der Waals surface area contributed by atoms with Gasteiger partial charge in [0.25, 0.3) is 0 Å². The second kappa shape index (κ2) is 8.53. The van der Waals surface area contributed by atoms with Gasteiger partial charge in [-0.3, -0.25) is 4.79 Å². The molecular weight excluding hydrogens is 270 g/mol. The van der Waals surface area contributed by atoms with E-state index in [9.17, 15) is 4.79 Å². The first-order valence-electron chi connectivity index (χ1n) is 7.32. The molecule has 0 bridgehead atoms. The number of hydrogen-bond donors (Lipinski definition) is 2. The lowest BCUT2D eigenvalue weighted by molar-refractivity contribution is -0.120. The Morgan fingerprint density at radius 2 is 2.48 bits per heavy atom. The maximum atomic E-state index is 11.7. The van der Waals surface area contributed by atoms with Gasteiger partial charge in [-0.25, -0.2) is 0 Å². The normalized spacial score (nSPS) is 18.0. The van der Waals surface area contributed by atoms with Crippen molar-refractivity contribution in [2.75, 3.05) is 44.8 Å². The van der Waals surface area contributed by atoms with E-state index in [1.54, 1.807) is 13.3 Å². The summed E-state index contributed by atoms with van der Waals surface area (Å²) in [5.74, 6) is 0.893. The highest BCUT2D eigenvalue weighted by Crippen LogP contribution is 2.22. The molecule has 1 aliphatic rings. The molecule has 1 saturated heterocycles. The topological polar surface area (TPSA) is 79.4 Å². The molecule has 2 rings (SSSR count). The van der Waals surface area contributed by atoms with Crippen molar-refractivity contribution in [1.82, 2.24) is 20.8 Å². The number of methoxy groups -OCH3 is 1. The SMILES string of the molecule is COCCNCC(=O)NCC1CCCN1c1cccnn1. The predicted molar refractivity (Wildman–Crippen MR) is 80.2 cm³/mol. The maximum absolute atomic E-state index is 11.7. The van der Waals surface area contributed by atoms with Crippen LogP contribution in [0.5, 0.6) is 0 Å². The predicted octanol–water partition coefficient (Wildman–Crippen LogP) is -0.202. The van der Waals surface area contributed by atoms with E-state index >= 15 is 0 Å². The molecule has 1 fully saturated rings. The van der Waals surface area contributed by atoms with Gasteiger partial charge in [0, 0.05) is 39.0 Å². The minimum absolute atomic E-state index is 0.0112. The number of rotatable bonds is 8. The van der Waals surface area contributed by atoms with Gasteiger partial charge >= 0.3 is 0 Å². The van der Waals surface area contributed by atoms with Crippen LogP contribution >= 0.6 is 0 Å². The summed E-state index contributed by atoms with van der Waals surface area (Å²) in [4.78, 5) is 14.0. The summed E-state index contributed by atoms with van der Waals surface area (Å²) >= 11 is 0. The van der Waals surface area contributed by atoms with Crippen molar-refractivity contribution >= 4 is 11.7 Å². The molecule has 1 aliphatic heterocycles. The van der Waals surface area contributed by atoms with Crippen molar-refractivity contribution in [2.24, 2.45) is 0 Å². The highest BCUT2D eigenvalue weighted by molar-refractivity contribution is 5.78. The van der Waals surface area contributed by atoms with E-state index in [-0.39, 0.29) is 5.91 Å². The summed E-state index contributed by atoms with van der Waals surface area (Å²) in [7, 11) is 1.64. The maximum Gasteiger partial charge on any atom is 0.234 e. The highest BCUT2D eigenvalue weighted by Gasteiger charge is 2.25. The molecule has 1 aromatic rings. The quantitative estimate of drug-likeness (QED) is 0.646. The number of carbonyl (C=O) groups excluding carboxylic acids is 1. The Kier molecular flexibility index (Phi) is 6.36. The lowest BCUT2D eigenvalue weighted by Crippen LogP contribution is -2.43. The number of ether oxygens (including phenoxy) is 1. The Bertz CT molecular complexity index is 429. The molecule has 1 atom stereocenters. The van der Waals surface area contributed by atoms with Gasteiger partial charge in [0.05, 0.1) is 13.2 Å². The fourth-order valence-corrected chi connectivity index (χ4v) is 2.47. The van der Waals surface area contributed by atoms with E-state index in [1.807, 2.05) is 12.1 Å². The van der Waals surface area contributed by atoms with Crippen LogP contribution in [0.1, 0.15) is 12.8 Å². The Hall–Kier alpha value is -1.73. The second-order valence-corrected chi connectivity index (χ2v) is 5.04. The van der Waals surface area contributed by atoms with Crippen LogP contribution in [0.25, 0.3) is 0 Å². The first kappa shape index (κ1) is 15.7. The molecule has 2 heterocycles. The van der Waals surface area contributed by atoms with Gasteiger partial charge in [-0.05, 0) is 25.0 Å². The average molecular weight is 293 g/mol. The number of nitrogens with zero attached hydrogens (tertiary/aromatic N) is 3. The first-order chi connectivity index (χ1) is 10.3. The molecule has 2 N–H and O–H groups in total. The van der Waals surface area contributed by atoms with Gasteiger partial charge < -0.3 is 20.3 Å². The third-order valence-corrected chi connectivity index (χ3v) is 3.53. The lowest BCUT2D eigenvalue weighted by Gasteiger charge is -2.25. The molecule has 0 aromatic carbocycles. The van der Waals surface area contributed by atoms with Crippen LogP contribution in [0.15, 0.2) is 18.3 Å². The van der Waals surface area contributed by atoms with Crippen LogP contribution in [0.2, 0.25) is 0 Å². The van der Waals surface area contributed by atoms with Crippen molar-refractivity contribution in [3.05, 3.63) is 18.3 Å². The van der Waals surface area contributed by atoms with E-state index < -0.39 is 0 Å². The largest absolute Gasteiger partial charge is 0.383 e. The van der Waals surface area contributed by atoms with Gasteiger partial charge in [-0.1, -0.05) is 0 Å². The van der Waals surface area contributed by atoms with E-state index in [0.717, 1.165) is 25.2 Å². The second-order valence-electron chi connectivity index (χ2n) is 5.04. The smallest absolute Gasteiger partial charge is 0.234 e. The van der Waals surface area contributed by atoms with Crippen molar-refractivity contribution in [3.63, 3.8) is 0 Å². The van der Waals surface area contributed by atoms with Crippen LogP contribution in [0.3, 0.4) is 0 Å². The van der Waals surface area contributed by atoms with Crippen LogP contribution in [0, 0.1) is 0 Å². The number of anilines is 1. The molecule has 7 nitrogen and oxygen atoms in total. The average Bonchev–Trinajstić information content (AvgIpc) is 2.99. The molecule has 0 aliphatic carbocycles. The molecule has 0 spiro atoms. The summed E-state index contributed by atoms with van der Waals surface area (Å²) in [6.07, 6.45) is 3.85. The van der Waals surface area contributed by atoms with Crippen LogP contribution in [0.4, 0.5) is 5.82 Å². The van der Waals surface area contributed by atoms with Gasteiger partial charge in [0.2, 0.25) is 5.91 Å². The zero-order chi connectivity index (χ0) is 14.9. The molecule has 1 amide bonds. The molecule has 1 aromatic heterocycles. The Labute approximate surface area is 125 Å². The van der Waals surface area contributed by atoms with Crippen LogP contribution in [-0.2, 0) is 9.53 Å². The number of nitrogens with one attached hydrogen (secondary N) is 2. The number of aromatic nitrogens is 2. The van der Waals surface area contributed by atoms with Crippen molar-refractivity contribution in [1.29, 1.82) is 0 Å². The Morgan fingerprint density at radius 1 is 1.57 bits per heavy atom. The summed E-state index contributed by atoms with van der Waals surface area (Å²) in [5, 5.41) is 14.1. The van der Waals surface area contributed by atoms with Crippen molar-refractivity contribution in [3.8, 4) is 0 Å². The summed E-state index contributed by atoms with van der Waals surface area (Å²) in [6.45, 7) is 3.21. The monoisotopic (exact) mass is 293 g/mol. The van der Waals surface area contributed by atoms with Crippen LogP contribution < -0.4 is 15.5 Å². The molecule has 21 heavy (non-hydrogen) atoms. The number of carbonyl (C=O) groups is 1. The lowest BCUT2D eigenvalue weighted by atomic mass is 10.2. The van der Waals surface area contributed by atoms with E-state index in [1.165, 1.54) is 0 Å². The fraction of sp³-hybridized carbons (Fsp3) is 0.643. The first-order valence-corrected chi connectivity index (χ1v) is 7.32. The minimum Gasteiger partial charge on any atom is -0.383 e. The summed E-state index contributed by atoms with van der Waals surface area (Å²) < 4.78 is 4.91. The van der Waals surface area contributed by atoms with Crippen LogP contribution in [-0.4, -0.2) is 62.0 Å². The molecule has 0 saturated carbocycles. The number of hydrogen-bond acceptors (Lipinski definition) is 6. The molecular formula is C14H23N5O2. The van der Waals surface area contributed by atoms with E-state index in [2.05, 4.69) is 25.7 Å². The Morgan fingerprint density at radius 3 is 3.24 bits per heavy atom. The van der Waals surface area contributed by atoms with Gasteiger partial charge in [0.1, 0.15) is 0 Å². The highest BCUT2D eigenvalue weighted by atomic mass is 16.5. The third-order valence-electron chi connectivity index (χ3n) is 3.53. The van der Waals surface area contributed by atoms with Gasteiger partial charge in [-0.15, -0.1) is 5.10 Å². The number of amides is 1. The zero-order valence-electron chi connectivity index (χ0n) is 12.4. The third kappa shape index (κ3) is 4.95. The van der Waals surface area contributed by atoms with E-state index in [4.69, 9.17) is 4.74 Å². The standard InChI is InChI=1S/C14H23N5O2/c1-21-9-7-15-11-14(20)16-10-12-4-3-8-19(12)13-5-2-6-17-18-13/h2,5-6,12,15H,3-4,7-11H2,1H3,(H,16,20).